The summed E-state index contributed by atoms with van der Waals surface area (Å²) in [6.45, 7) is 1.98. The van der Waals surface area contributed by atoms with Crippen molar-refractivity contribution in [3.05, 3.63) is 79.2 Å². The first-order valence-electron chi connectivity index (χ1n) is 8.06. The summed E-state index contributed by atoms with van der Waals surface area (Å²) >= 11 is 1.13. The molecule has 0 saturated heterocycles. The second kappa shape index (κ2) is 7.74. The number of thiazole rings is 1. The van der Waals surface area contributed by atoms with Crippen molar-refractivity contribution < 1.29 is 4.74 Å². The molecular formula is C21H15N3O2S. The maximum Gasteiger partial charge on any atom is 0.273 e. The van der Waals surface area contributed by atoms with Gasteiger partial charge in [0.25, 0.3) is 5.56 Å². The number of aromatic nitrogens is 1. The number of nitrogens with zero attached hydrogens (tertiary/aromatic N) is 3. The van der Waals surface area contributed by atoms with Crippen molar-refractivity contribution in [2.24, 2.45) is 0 Å². The van der Waals surface area contributed by atoms with Crippen LogP contribution in [0.15, 0.2) is 53.3 Å². The first kappa shape index (κ1) is 18.2. The number of aryl methyl sites for hydroxylation is 1. The van der Waals surface area contributed by atoms with E-state index in [1.165, 1.54) is 4.57 Å². The zero-order valence-electron chi connectivity index (χ0n) is 14.8. The molecule has 0 N–H and O–H groups in total. The number of nitriles is 2. The summed E-state index contributed by atoms with van der Waals surface area (Å²) in [4.78, 5) is 13.0. The minimum Gasteiger partial charge on any atom is -0.497 e. The van der Waals surface area contributed by atoms with E-state index in [-0.39, 0.29) is 11.1 Å². The van der Waals surface area contributed by atoms with Gasteiger partial charge in [0.15, 0.2) is 5.57 Å². The Morgan fingerprint density at radius 1 is 1.15 bits per heavy atom. The summed E-state index contributed by atoms with van der Waals surface area (Å²) in [5.41, 5.74) is 2.16. The fourth-order valence-electron chi connectivity index (χ4n) is 2.65. The first-order chi connectivity index (χ1) is 13.1. The van der Waals surface area contributed by atoms with Crippen molar-refractivity contribution in [3.8, 4) is 23.6 Å². The summed E-state index contributed by atoms with van der Waals surface area (Å²) in [6, 6.07) is 18.4. The molecule has 2 aromatic carbocycles. The topological polar surface area (TPSA) is 78.8 Å². The molecule has 0 radical (unpaired) electrons. The first-order valence-corrected chi connectivity index (χ1v) is 8.88. The Morgan fingerprint density at radius 2 is 1.85 bits per heavy atom. The van der Waals surface area contributed by atoms with Crippen LogP contribution >= 0.6 is 11.3 Å². The van der Waals surface area contributed by atoms with Crippen LogP contribution in [0.2, 0.25) is 0 Å². The predicted octanol–water partition coefficient (Wildman–Crippen LogP) is 2.24. The molecule has 0 amide bonds. The van der Waals surface area contributed by atoms with E-state index in [9.17, 15) is 15.3 Å². The predicted molar refractivity (Wildman–Crippen MR) is 105 cm³/mol. The third-order valence-corrected chi connectivity index (χ3v) is 5.02. The SMILES string of the molecule is COc1ccc(-n2c(=C(C#N)C#N)s/c(=C/c3cccc(C)c3)c2=O)cc1. The van der Waals surface area contributed by atoms with E-state index in [4.69, 9.17) is 4.74 Å². The molecule has 1 aromatic heterocycles. The van der Waals surface area contributed by atoms with E-state index in [0.29, 0.717) is 20.6 Å². The molecule has 0 aliphatic heterocycles. The molecule has 27 heavy (non-hydrogen) atoms. The van der Waals surface area contributed by atoms with Crippen LogP contribution in [0, 0.1) is 29.6 Å². The molecule has 0 aliphatic carbocycles. The van der Waals surface area contributed by atoms with Gasteiger partial charge >= 0.3 is 0 Å². The summed E-state index contributed by atoms with van der Waals surface area (Å²) < 4.78 is 7.31. The lowest BCUT2D eigenvalue weighted by molar-refractivity contribution is 0.414. The van der Waals surface area contributed by atoms with Gasteiger partial charge in [0.1, 0.15) is 22.6 Å². The molecule has 0 spiro atoms. The van der Waals surface area contributed by atoms with Crippen LogP contribution < -0.4 is 19.5 Å². The average molecular weight is 373 g/mol. The normalized spacial score (nSPS) is 10.9. The molecule has 0 unspecified atom stereocenters. The van der Waals surface area contributed by atoms with Crippen molar-refractivity contribution >= 4 is 23.0 Å². The van der Waals surface area contributed by atoms with Gasteiger partial charge in [-0.2, -0.15) is 10.5 Å². The quantitative estimate of drug-likeness (QED) is 0.705. The van der Waals surface area contributed by atoms with Crippen molar-refractivity contribution in [1.82, 2.24) is 4.57 Å². The smallest absolute Gasteiger partial charge is 0.273 e. The molecule has 0 fully saturated rings. The number of hydrogen-bond donors (Lipinski definition) is 0. The van der Waals surface area contributed by atoms with Crippen LogP contribution in [0.3, 0.4) is 0 Å². The number of benzene rings is 2. The number of hydrogen-bond acceptors (Lipinski definition) is 5. The average Bonchev–Trinajstić information content (AvgIpc) is 2.99. The molecule has 0 saturated carbocycles. The van der Waals surface area contributed by atoms with Crippen LogP contribution in [-0.2, 0) is 0 Å². The molecule has 5 nitrogen and oxygen atoms in total. The molecule has 6 heteroatoms. The van der Waals surface area contributed by atoms with Crippen molar-refractivity contribution in [1.29, 1.82) is 10.5 Å². The maximum atomic E-state index is 13.0. The standard InChI is InChI=1S/C21H15N3O2S/c1-14-4-3-5-15(10-14)11-19-20(25)24(21(27-19)16(12-22)13-23)17-6-8-18(26-2)9-7-17/h3-11H,1-2H3/b19-11+. The Bertz CT molecular complexity index is 1240. The Hall–Kier alpha value is -3.61. The molecule has 0 aliphatic rings. The number of ether oxygens (including phenoxy) is 1. The molecule has 3 rings (SSSR count). The van der Waals surface area contributed by atoms with Gasteiger partial charge in [0, 0.05) is 0 Å². The summed E-state index contributed by atoms with van der Waals surface area (Å²) in [7, 11) is 1.56. The van der Waals surface area contributed by atoms with Gasteiger partial charge in [-0.05, 0) is 42.8 Å². The lowest BCUT2D eigenvalue weighted by Crippen LogP contribution is -2.30. The van der Waals surface area contributed by atoms with E-state index in [1.807, 2.05) is 43.3 Å². The van der Waals surface area contributed by atoms with Gasteiger partial charge < -0.3 is 4.74 Å². The van der Waals surface area contributed by atoms with Crippen LogP contribution in [0.25, 0.3) is 17.3 Å². The molecule has 3 aromatic rings. The van der Waals surface area contributed by atoms with Gasteiger partial charge in [-0.1, -0.05) is 29.8 Å². The summed E-state index contributed by atoms with van der Waals surface area (Å²) in [6.07, 6.45) is 1.77. The lowest BCUT2D eigenvalue weighted by Gasteiger charge is -2.04. The number of methoxy groups -OCH3 is 1. The van der Waals surface area contributed by atoms with Crippen LogP contribution in [0.1, 0.15) is 11.1 Å². The Kier molecular flexibility index (Phi) is 5.21. The second-order valence-electron chi connectivity index (χ2n) is 5.77. The zero-order chi connectivity index (χ0) is 19.4. The van der Waals surface area contributed by atoms with E-state index in [1.54, 1.807) is 37.5 Å². The highest BCUT2D eigenvalue weighted by Gasteiger charge is 2.11. The molecular weight excluding hydrogens is 358 g/mol. The highest BCUT2D eigenvalue weighted by atomic mass is 32.1. The van der Waals surface area contributed by atoms with Crippen molar-refractivity contribution in [3.63, 3.8) is 0 Å². The highest BCUT2D eigenvalue weighted by molar-refractivity contribution is 7.07. The van der Waals surface area contributed by atoms with Crippen LogP contribution in [0.4, 0.5) is 0 Å². The number of rotatable bonds is 3. The third-order valence-electron chi connectivity index (χ3n) is 3.93. The van der Waals surface area contributed by atoms with E-state index >= 15 is 0 Å². The minimum absolute atomic E-state index is 0.100. The maximum absolute atomic E-state index is 13.0. The van der Waals surface area contributed by atoms with Crippen molar-refractivity contribution in [2.45, 2.75) is 6.92 Å². The van der Waals surface area contributed by atoms with Gasteiger partial charge in [0.2, 0.25) is 0 Å². The monoisotopic (exact) mass is 373 g/mol. The van der Waals surface area contributed by atoms with E-state index in [0.717, 1.165) is 22.5 Å². The summed E-state index contributed by atoms with van der Waals surface area (Å²) in [5.74, 6) is 0.653. The van der Waals surface area contributed by atoms with Crippen LogP contribution in [-0.4, -0.2) is 11.7 Å². The minimum atomic E-state index is -0.273. The molecule has 0 atom stereocenters. The highest BCUT2D eigenvalue weighted by Crippen LogP contribution is 2.13. The lowest BCUT2D eigenvalue weighted by atomic mass is 10.1. The van der Waals surface area contributed by atoms with Crippen molar-refractivity contribution in [2.75, 3.05) is 7.11 Å². The second-order valence-corrected chi connectivity index (χ2v) is 6.80. The third kappa shape index (κ3) is 3.67. The van der Waals surface area contributed by atoms with E-state index < -0.39 is 0 Å². The molecule has 0 bridgehead atoms. The largest absolute Gasteiger partial charge is 0.497 e. The zero-order valence-corrected chi connectivity index (χ0v) is 15.6. The fourth-order valence-corrected chi connectivity index (χ4v) is 3.70. The van der Waals surface area contributed by atoms with Gasteiger partial charge in [-0.3, -0.25) is 9.36 Å². The Balaban J connectivity index is 2.35. The molecule has 1 heterocycles. The summed E-state index contributed by atoms with van der Waals surface area (Å²) in [5, 5.41) is 18.6. The van der Waals surface area contributed by atoms with E-state index in [2.05, 4.69) is 0 Å². The Labute approximate surface area is 159 Å². The fraction of sp³-hybridized carbons (Fsp3) is 0.0952. The van der Waals surface area contributed by atoms with Gasteiger partial charge in [0.05, 0.1) is 17.3 Å². The molecule has 132 valence electrons. The van der Waals surface area contributed by atoms with Gasteiger partial charge in [-0.15, -0.1) is 11.3 Å². The Morgan fingerprint density at radius 3 is 2.44 bits per heavy atom. The van der Waals surface area contributed by atoms with Crippen LogP contribution in [0.5, 0.6) is 5.75 Å². The van der Waals surface area contributed by atoms with Gasteiger partial charge in [-0.25, -0.2) is 0 Å².